The van der Waals surface area contributed by atoms with Crippen LogP contribution in [0.25, 0.3) is 0 Å². The van der Waals surface area contributed by atoms with E-state index in [4.69, 9.17) is 0 Å². The summed E-state index contributed by atoms with van der Waals surface area (Å²) in [7, 11) is -3.08. The quantitative estimate of drug-likeness (QED) is 0.686. The topological polar surface area (TPSA) is 46.2 Å². The number of rotatable bonds is 6. The van der Waals surface area contributed by atoms with Gasteiger partial charge in [0, 0.05) is 12.3 Å². The molecule has 4 heteroatoms. The van der Waals surface area contributed by atoms with E-state index in [-0.39, 0.29) is 6.04 Å². The van der Waals surface area contributed by atoms with Crippen LogP contribution in [0.3, 0.4) is 0 Å². The fraction of sp³-hybridized carbons (Fsp3) is 0.800. The molecule has 0 amide bonds. The van der Waals surface area contributed by atoms with Crippen LogP contribution in [0.4, 0.5) is 0 Å². The average Bonchev–Trinajstić information content (AvgIpc) is 2.03. The molecule has 0 aromatic heterocycles. The van der Waals surface area contributed by atoms with Crippen LogP contribution < -0.4 is 5.32 Å². The molecule has 1 N–H and O–H groups in total. The molecule has 0 fully saturated rings. The third kappa shape index (κ3) is 3.10. The minimum atomic E-state index is -3.08. The molecule has 0 aliphatic carbocycles. The monoisotopic (exact) mass is 219 g/mol. The molecule has 0 radical (unpaired) electrons. The van der Waals surface area contributed by atoms with E-state index in [1.165, 1.54) is 6.26 Å². The lowest BCUT2D eigenvalue weighted by Crippen LogP contribution is -2.50. The van der Waals surface area contributed by atoms with Crippen molar-refractivity contribution in [2.24, 2.45) is 0 Å². The first-order valence-corrected chi connectivity index (χ1v) is 6.72. The summed E-state index contributed by atoms with van der Waals surface area (Å²) >= 11 is 0. The van der Waals surface area contributed by atoms with Gasteiger partial charge in [-0.05, 0) is 26.8 Å². The molecule has 1 atom stereocenters. The molecule has 0 aliphatic heterocycles. The van der Waals surface area contributed by atoms with Gasteiger partial charge in [-0.25, -0.2) is 8.42 Å². The maximum absolute atomic E-state index is 11.5. The zero-order valence-corrected chi connectivity index (χ0v) is 10.3. The van der Waals surface area contributed by atoms with Crippen LogP contribution in [0.5, 0.6) is 0 Å². The lowest BCUT2D eigenvalue weighted by Gasteiger charge is -2.31. The van der Waals surface area contributed by atoms with Crippen molar-refractivity contribution in [3.05, 3.63) is 12.7 Å². The molecule has 0 spiro atoms. The summed E-state index contributed by atoms with van der Waals surface area (Å²) in [5, 5.41) is 3.17. The van der Waals surface area contributed by atoms with Crippen molar-refractivity contribution < 1.29 is 8.42 Å². The van der Waals surface area contributed by atoms with Crippen molar-refractivity contribution in [3.63, 3.8) is 0 Å². The first-order valence-electron chi connectivity index (χ1n) is 4.83. The summed E-state index contributed by atoms with van der Waals surface area (Å²) in [6, 6.07) is -0.197. The second-order valence-electron chi connectivity index (χ2n) is 4.04. The Morgan fingerprint density at radius 1 is 1.50 bits per heavy atom. The highest BCUT2D eigenvalue weighted by molar-refractivity contribution is 7.92. The Hall–Kier alpha value is -0.350. The average molecular weight is 219 g/mol. The Balaban J connectivity index is 4.75. The fourth-order valence-corrected chi connectivity index (χ4v) is 1.78. The Morgan fingerprint density at radius 3 is 2.29 bits per heavy atom. The van der Waals surface area contributed by atoms with Gasteiger partial charge in [-0.15, -0.1) is 6.58 Å². The van der Waals surface area contributed by atoms with E-state index in [0.717, 1.165) is 13.0 Å². The predicted molar refractivity (Wildman–Crippen MR) is 61.2 cm³/mol. The molecular formula is C10H21NO2S. The molecule has 0 saturated carbocycles. The van der Waals surface area contributed by atoms with Crippen LogP contribution in [-0.2, 0) is 9.84 Å². The van der Waals surface area contributed by atoms with Gasteiger partial charge >= 0.3 is 0 Å². The van der Waals surface area contributed by atoms with Crippen molar-refractivity contribution in [1.82, 2.24) is 5.32 Å². The van der Waals surface area contributed by atoms with Gasteiger partial charge in [0.15, 0.2) is 9.84 Å². The van der Waals surface area contributed by atoms with Gasteiger partial charge in [-0.1, -0.05) is 13.0 Å². The SMILES string of the molecule is C=CC(NCCC)C(C)(C)S(C)(=O)=O. The highest BCUT2D eigenvalue weighted by Gasteiger charge is 2.36. The van der Waals surface area contributed by atoms with Crippen LogP contribution in [0.1, 0.15) is 27.2 Å². The summed E-state index contributed by atoms with van der Waals surface area (Å²) in [5.74, 6) is 0. The van der Waals surface area contributed by atoms with Crippen molar-refractivity contribution in [3.8, 4) is 0 Å². The van der Waals surface area contributed by atoms with Gasteiger partial charge in [0.05, 0.1) is 4.75 Å². The van der Waals surface area contributed by atoms with Gasteiger partial charge in [-0.3, -0.25) is 0 Å². The summed E-state index contributed by atoms with van der Waals surface area (Å²) < 4.78 is 22.3. The zero-order chi connectivity index (χ0) is 11.4. The maximum Gasteiger partial charge on any atom is 0.154 e. The van der Waals surface area contributed by atoms with E-state index >= 15 is 0 Å². The van der Waals surface area contributed by atoms with E-state index in [2.05, 4.69) is 11.9 Å². The third-order valence-corrected chi connectivity index (χ3v) is 4.72. The number of hydrogen-bond donors (Lipinski definition) is 1. The molecule has 84 valence electrons. The molecular weight excluding hydrogens is 198 g/mol. The highest BCUT2D eigenvalue weighted by Crippen LogP contribution is 2.20. The first-order chi connectivity index (χ1) is 6.27. The van der Waals surface area contributed by atoms with Crippen LogP contribution in [0.15, 0.2) is 12.7 Å². The number of nitrogens with one attached hydrogen (secondary N) is 1. The fourth-order valence-electron chi connectivity index (χ4n) is 1.14. The van der Waals surface area contributed by atoms with Crippen molar-refractivity contribution in [2.75, 3.05) is 12.8 Å². The molecule has 3 nitrogen and oxygen atoms in total. The Morgan fingerprint density at radius 2 is 2.00 bits per heavy atom. The summed E-state index contributed by atoms with van der Waals surface area (Å²) in [6.07, 6.45) is 3.90. The minimum absolute atomic E-state index is 0.197. The molecule has 0 heterocycles. The summed E-state index contributed by atoms with van der Waals surface area (Å²) in [6.45, 7) is 9.95. The van der Waals surface area contributed by atoms with Crippen molar-refractivity contribution >= 4 is 9.84 Å². The van der Waals surface area contributed by atoms with E-state index < -0.39 is 14.6 Å². The normalized spacial score (nSPS) is 15.1. The van der Waals surface area contributed by atoms with Crippen LogP contribution >= 0.6 is 0 Å². The van der Waals surface area contributed by atoms with Crippen molar-refractivity contribution in [1.29, 1.82) is 0 Å². The Kier molecular flexibility index (Phi) is 4.81. The molecule has 0 aromatic rings. The highest BCUT2D eigenvalue weighted by atomic mass is 32.2. The first kappa shape index (κ1) is 13.7. The van der Waals surface area contributed by atoms with E-state index in [9.17, 15) is 8.42 Å². The van der Waals surface area contributed by atoms with Crippen LogP contribution in [0, 0.1) is 0 Å². The van der Waals surface area contributed by atoms with Gasteiger partial charge < -0.3 is 5.32 Å². The lowest BCUT2D eigenvalue weighted by atomic mass is 10.0. The van der Waals surface area contributed by atoms with Gasteiger partial charge in [0.1, 0.15) is 0 Å². The van der Waals surface area contributed by atoms with E-state index in [1.807, 2.05) is 6.92 Å². The van der Waals surface area contributed by atoms with Crippen LogP contribution in [0.2, 0.25) is 0 Å². The minimum Gasteiger partial charge on any atom is -0.309 e. The van der Waals surface area contributed by atoms with Gasteiger partial charge in [0.2, 0.25) is 0 Å². The maximum atomic E-state index is 11.5. The Labute approximate surface area is 87.5 Å². The zero-order valence-electron chi connectivity index (χ0n) is 9.50. The smallest absolute Gasteiger partial charge is 0.154 e. The van der Waals surface area contributed by atoms with E-state index in [1.54, 1.807) is 19.9 Å². The molecule has 0 aromatic carbocycles. The third-order valence-electron chi connectivity index (χ3n) is 2.55. The lowest BCUT2D eigenvalue weighted by molar-refractivity contribution is 0.464. The summed E-state index contributed by atoms with van der Waals surface area (Å²) in [4.78, 5) is 0. The second-order valence-corrected chi connectivity index (χ2v) is 6.64. The molecule has 0 aliphatic rings. The van der Waals surface area contributed by atoms with E-state index in [0.29, 0.717) is 0 Å². The van der Waals surface area contributed by atoms with Gasteiger partial charge in [-0.2, -0.15) is 0 Å². The predicted octanol–water partition coefficient (Wildman–Crippen LogP) is 1.36. The van der Waals surface area contributed by atoms with Crippen LogP contribution in [-0.4, -0.2) is 32.0 Å². The molecule has 0 saturated heterocycles. The molecule has 1 unspecified atom stereocenters. The number of sulfone groups is 1. The molecule has 14 heavy (non-hydrogen) atoms. The Bertz CT molecular complexity index is 280. The largest absolute Gasteiger partial charge is 0.309 e. The number of hydrogen-bond acceptors (Lipinski definition) is 3. The summed E-state index contributed by atoms with van der Waals surface area (Å²) in [5.41, 5.74) is 0. The van der Waals surface area contributed by atoms with Crippen molar-refractivity contribution in [2.45, 2.75) is 38.0 Å². The standard InChI is InChI=1S/C10H21NO2S/c1-6-8-11-9(7-2)10(3,4)14(5,12)13/h7,9,11H,2,6,8H2,1,3-5H3. The second kappa shape index (κ2) is 4.94. The molecule has 0 rings (SSSR count). The molecule has 0 bridgehead atoms. The van der Waals surface area contributed by atoms with Gasteiger partial charge in [0.25, 0.3) is 0 Å².